The minimum absolute atomic E-state index is 0. The van der Waals surface area contributed by atoms with Gasteiger partial charge in [0.15, 0.2) is 0 Å². The molecule has 86 valence electrons. The first-order valence-corrected chi connectivity index (χ1v) is 7.23. The van der Waals surface area contributed by atoms with Crippen LogP contribution < -0.4 is 122 Å². The molecule has 16 heavy (non-hydrogen) atoms. The van der Waals surface area contributed by atoms with Crippen LogP contribution >= 0.6 is 15.2 Å². The Hall–Kier alpha value is 3.53. The summed E-state index contributed by atoms with van der Waals surface area (Å²) in [5.74, 6) is 0. The van der Waals surface area contributed by atoms with Crippen LogP contribution in [0.25, 0.3) is 0 Å². The molecule has 0 N–H and O–H groups in total. The summed E-state index contributed by atoms with van der Waals surface area (Å²) in [7, 11) is -9.67. The predicted octanol–water partition coefficient (Wildman–Crippen LogP) is -8.55. The van der Waals surface area contributed by atoms with Gasteiger partial charge in [0.2, 0.25) is 0 Å². The fraction of sp³-hybridized carbons (Fsp3) is 1.00. The van der Waals surface area contributed by atoms with E-state index in [2.05, 4.69) is 0 Å². The van der Waals surface area contributed by atoms with Crippen molar-refractivity contribution >= 4 is 15.2 Å². The standard InChI is InChI=1S/C5H15NO6P2.2K/c1-5(2)6(3-13(7,8)9)4-14(10,11)12;;/h5H,3-4H2,1-2H3,(H2,7,8,9)(H2,10,11,12);;/q;2*+1/p-4. The van der Waals surface area contributed by atoms with Crippen molar-refractivity contribution in [3.8, 4) is 0 Å². The van der Waals surface area contributed by atoms with E-state index < -0.39 is 33.8 Å². The van der Waals surface area contributed by atoms with E-state index >= 15 is 0 Å². The molecule has 7 nitrogen and oxygen atoms in total. The van der Waals surface area contributed by atoms with Gasteiger partial charge in [0.25, 0.3) is 0 Å². The zero-order valence-corrected chi connectivity index (χ0v) is 17.8. The van der Waals surface area contributed by atoms with Crippen LogP contribution in [0.15, 0.2) is 0 Å². The van der Waals surface area contributed by atoms with Crippen molar-refractivity contribution in [2.75, 3.05) is 12.6 Å². The van der Waals surface area contributed by atoms with Crippen molar-refractivity contribution in [2.24, 2.45) is 0 Å². The summed E-state index contributed by atoms with van der Waals surface area (Å²) in [6.45, 7) is 2.98. The van der Waals surface area contributed by atoms with Crippen LogP contribution in [0.4, 0.5) is 0 Å². The zero-order valence-electron chi connectivity index (χ0n) is 9.78. The van der Waals surface area contributed by atoms with Gasteiger partial charge in [0.05, 0.1) is 0 Å². The molecule has 0 aliphatic rings. The first kappa shape index (κ1) is 24.5. The molecular formula is C5H11K2NO6P2-2. The van der Waals surface area contributed by atoms with Crippen molar-refractivity contribution in [3.63, 3.8) is 0 Å². The molecule has 0 aromatic rings. The van der Waals surface area contributed by atoms with Crippen LogP contribution in [0.5, 0.6) is 0 Å². The molecule has 0 saturated heterocycles. The van der Waals surface area contributed by atoms with Gasteiger partial charge in [-0.2, -0.15) is 0 Å². The van der Waals surface area contributed by atoms with E-state index in [1.54, 1.807) is 0 Å². The molecule has 0 heterocycles. The molecule has 0 rings (SSSR count). The number of hydrogen-bond acceptors (Lipinski definition) is 7. The van der Waals surface area contributed by atoms with E-state index in [9.17, 15) is 28.7 Å². The van der Waals surface area contributed by atoms with Gasteiger partial charge in [-0.3, -0.25) is 4.90 Å². The molecule has 0 bridgehead atoms. The van der Waals surface area contributed by atoms with Crippen LogP contribution in [-0.2, 0) is 9.13 Å². The Bertz CT molecular complexity index is 252. The number of hydrogen-bond donors (Lipinski definition) is 0. The third-order valence-corrected chi connectivity index (χ3v) is 2.86. The summed E-state index contributed by atoms with van der Waals surface area (Å²) in [6, 6.07) is -0.498. The van der Waals surface area contributed by atoms with Crippen molar-refractivity contribution < 1.29 is 131 Å². The summed E-state index contributed by atoms with van der Waals surface area (Å²) in [6.07, 6.45) is -1.89. The van der Waals surface area contributed by atoms with Crippen molar-refractivity contribution in [1.29, 1.82) is 0 Å². The van der Waals surface area contributed by atoms with Crippen LogP contribution in [0, 0.1) is 0 Å². The van der Waals surface area contributed by atoms with Crippen LogP contribution in [0.2, 0.25) is 0 Å². The first-order chi connectivity index (χ1) is 6.01. The summed E-state index contributed by atoms with van der Waals surface area (Å²) in [4.78, 5) is 42.3. The van der Waals surface area contributed by atoms with Crippen molar-refractivity contribution in [3.05, 3.63) is 0 Å². The monoisotopic (exact) mass is 321 g/mol. The minimum Gasteiger partial charge on any atom is -0.810 e. The average Bonchev–Trinajstić information content (AvgIpc) is 1.78. The van der Waals surface area contributed by atoms with Crippen molar-refractivity contribution in [1.82, 2.24) is 4.90 Å². The Kier molecular flexibility index (Phi) is 15.8. The molecule has 0 atom stereocenters. The van der Waals surface area contributed by atoms with Gasteiger partial charge in [-0.15, -0.1) is 0 Å². The average molecular weight is 321 g/mol. The van der Waals surface area contributed by atoms with Gasteiger partial charge < -0.3 is 28.7 Å². The Balaban J connectivity index is -0.000000845. The fourth-order valence-corrected chi connectivity index (χ4v) is 2.72. The van der Waals surface area contributed by atoms with E-state index in [0.29, 0.717) is 0 Å². The van der Waals surface area contributed by atoms with E-state index in [-0.39, 0.29) is 103 Å². The summed E-state index contributed by atoms with van der Waals surface area (Å²) < 4.78 is 20.7. The topological polar surface area (TPSA) is 130 Å². The fourth-order valence-electron chi connectivity index (χ4n) is 0.816. The van der Waals surface area contributed by atoms with E-state index in [1.807, 2.05) is 0 Å². The van der Waals surface area contributed by atoms with E-state index in [1.165, 1.54) is 13.8 Å². The number of nitrogens with zero attached hydrogens (tertiary/aromatic N) is 1. The molecular weight excluding hydrogens is 310 g/mol. The van der Waals surface area contributed by atoms with Gasteiger partial charge in [-0.25, -0.2) is 0 Å². The van der Waals surface area contributed by atoms with Crippen LogP contribution in [-0.4, -0.2) is 23.5 Å². The normalized spacial score (nSPS) is 12.2. The molecule has 0 aliphatic heterocycles. The second-order valence-electron chi connectivity index (χ2n) is 3.19. The zero-order chi connectivity index (χ0) is 11.6. The van der Waals surface area contributed by atoms with Crippen molar-refractivity contribution in [2.45, 2.75) is 19.9 Å². The maximum Gasteiger partial charge on any atom is 1.00 e. The third kappa shape index (κ3) is 15.6. The first-order valence-electron chi connectivity index (χ1n) is 3.77. The molecule has 0 radical (unpaired) electrons. The molecule has 0 aliphatic carbocycles. The maximum absolute atomic E-state index is 10.4. The Morgan fingerprint density at radius 2 is 1.19 bits per heavy atom. The summed E-state index contributed by atoms with van der Waals surface area (Å²) in [5.41, 5.74) is 0. The van der Waals surface area contributed by atoms with Gasteiger partial charge in [0.1, 0.15) is 0 Å². The molecule has 11 heteroatoms. The summed E-state index contributed by atoms with van der Waals surface area (Å²) >= 11 is 0. The molecule has 0 saturated carbocycles. The molecule has 0 aromatic heterocycles. The van der Waals surface area contributed by atoms with E-state index in [4.69, 9.17) is 0 Å². The second-order valence-corrected chi connectivity index (χ2v) is 6.20. The van der Waals surface area contributed by atoms with Crippen LogP contribution in [0.3, 0.4) is 0 Å². The maximum atomic E-state index is 10.4. The third-order valence-electron chi connectivity index (χ3n) is 1.44. The Morgan fingerprint density at radius 1 is 0.938 bits per heavy atom. The van der Waals surface area contributed by atoms with Crippen LogP contribution in [0.1, 0.15) is 13.8 Å². The largest absolute Gasteiger partial charge is 1.00 e. The summed E-state index contributed by atoms with van der Waals surface area (Å²) in [5, 5.41) is 0. The van der Waals surface area contributed by atoms with Gasteiger partial charge >= 0.3 is 103 Å². The molecule has 0 unspecified atom stereocenters. The quantitative estimate of drug-likeness (QED) is 0.363. The predicted molar refractivity (Wildman–Crippen MR) is 41.9 cm³/mol. The molecule has 0 spiro atoms. The molecule has 0 fully saturated rings. The van der Waals surface area contributed by atoms with Gasteiger partial charge in [-0.1, -0.05) is 15.2 Å². The molecule has 0 aromatic carbocycles. The van der Waals surface area contributed by atoms with E-state index in [0.717, 1.165) is 4.90 Å². The Morgan fingerprint density at radius 3 is 1.31 bits per heavy atom. The number of rotatable bonds is 5. The molecule has 0 amide bonds. The minimum atomic E-state index is -4.83. The smallest absolute Gasteiger partial charge is 0.810 e. The SMILES string of the molecule is CC(C)N(CP(=O)([O-])[O-])CP(=O)([O-])[O-].[K+].[K+]. The van der Waals surface area contributed by atoms with Gasteiger partial charge in [0, 0.05) is 18.6 Å². The van der Waals surface area contributed by atoms with Gasteiger partial charge in [-0.05, 0) is 13.8 Å². The second kappa shape index (κ2) is 10.3. The Labute approximate surface area is 180 Å².